The van der Waals surface area contributed by atoms with Crippen molar-refractivity contribution in [2.24, 2.45) is 0 Å². The topological polar surface area (TPSA) is 12.0 Å². The highest BCUT2D eigenvalue weighted by Gasteiger charge is 2.15. The molecule has 0 aromatic heterocycles. The summed E-state index contributed by atoms with van der Waals surface area (Å²) in [4.78, 5) is 0. The normalized spacial score (nSPS) is 12.4. The average Bonchev–Trinajstić information content (AvgIpc) is 2.43. The number of nitrogens with one attached hydrogen (secondary N) is 1. The first-order chi connectivity index (χ1) is 9.52. The molecule has 0 radical (unpaired) electrons. The van der Waals surface area contributed by atoms with Crippen molar-refractivity contribution < 1.29 is 4.39 Å². The van der Waals surface area contributed by atoms with E-state index in [1.54, 1.807) is 12.1 Å². The Morgan fingerprint density at radius 1 is 1.20 bits per heavy atom. The van der Waals surface area contributed by atoms with Gasteiger partial charge >= 0.3 is 0 Å². The van der Waals surface area contributed by atoms with Crippen molar-refractivity contribution in [3.05, 3.63) is 68.4 Å². The molecule has 20 heavy (non-hydrogen) atoms. The molecule has 2 aromatic carbocycles. The summed E-state index contributed by atoms with van der Waals surface area (Å²) in [6.45, 7) is 4.78. The molecule has 0 fully saturated rings. The van der Waals surface area contributed by atoms with E-state index in [-0.39, 0.29) is 11.9 Å². The molecule has 1 atom stereocenters. The lowest BCUT2D eigenvalue weighted by Gasteiger charge is -2.20. The van der Waals surface area contributed by atoms with Crippen LogP contribution in [0.1, 0.15) is 29.7 Å². The lowest BCUT2D eigenvalue weighted by atomic mass is 9.97. The monoisotopic (exact) mass is 355 g/mol. The first-order valence-electron chi connectivity index (χ1n) is 6.47. The molecule has 2 rings (SSSR count). The number of hydrogen-bond acceptors (Lipinski definition) is 1. The summed E-state index contributed by atoms with van der Waals surface area (Å²) < 4.78 is 14.2. The Balaban J connectivity index is 2.44. The Labute approximate surface area is 132 Å². The third-order valence-corrected chi connectivity index (χ3v) is 4.26. The minimum atomic E-state index is -0.261. The molecule has 0 aliphatic carbocycles. The van der Waals surface area contributed by atoms with Gasteiger partial charge in [0.15, 0.2) is 0 Å². The molecular formula is C16H16BrClFN. The van der Waals surface area contributed by atoms with Crippen molar-refractivity contribution in [3.8, 4) is 0 Å². The van der Waals surface area contributed by atoms with Crippen molar-refractivity contribution in [2.75, 3.05) is 6.54 Å². The van der Waals surface area contributed by atoms with E-state index < -0.39 is 0 Å². The molecule has 1 nitrogen and oxygen atoms in total. The van der Waals surface area contributed by atoms with Crippen LogP contribution in [0.3, 0.4) is 0 Å². The van der Waals surface area contributed by atoms with E-state index in [0.717, 1.165) is 28.3 Å². The van der Waals surface area contributed by atoms with Gasteiger partial charge in [-0.3, -0.25) is 0 Å². The van der Waals surface area contributed by atoms with Crippen LogP contribution < -0.4 is 5.32 Å². The van der Waals surface area contributed by atoms with E-state index in [4.69, 9.17) is 11.6 Å². The second-order valence-electron chi connectivity index (χ2n) is 4.67. The van der Waals surface area contributed by atoms with Gasteiger partial charge in [0.25, 0.3) is 0 Å². The Bertz CT molecular complexity index is 564. The number of benzene rings is 2. The number of aryl methyl sites for hydroxylation is 1. The summed E-state index contributed by atoms with van der Waals surface area (Å²) >= 11 is 9.37. The average molecular weight is 357 g/mol. The molecule has 0 aliphatic rings. The predicted molar refractivity (Wildman–Crippen MR) is 85.8 cm³/mol. The molecule has 0 heterocycles. The molecule has 0 spiro atoms. The van der Waals surface area contributed by atoms with Crippen LogP contribution in [-0.2, 0) is 0 Å². The van der Waals surface area contributed by atoms with Gasteiger partial charge in [0.2, 0.25) is 0 Å². The molecule has 0 saturated heterocycles. The lowest BCUT2D eigenvalue weighted by Crippen LogP contribution is -2.22. The summed E-state index contributed by atoms with van der Waals surface area (Å²) in [5, 5.41) is 4.09. The lowest BCUT2D eigenvalue weighted by molar-refractivity contribution is 0.599. The number of hydrogen-bond donors (Lipinski definition) is 1. The zero-order valence-corrected chi connectivity index (χ0v) is 13.7. The van der Waals surface area contributed by atoms with Gasteiger partial charge in [-0.25, -0.2) is 4.39 Å². The summed E-state index contributed by atoms with van der Waals surface area (Å²) in [6, 6.07) is 11.1. The van der Waals surface area contributed by atoms with Crippen molar-refractivity contribution in [2.45, 2.75) is 19.9 Å². The van der Waals surface area contributed by atoms with Gasteiger partial charge in [0.05, 0.1) is 10.5 Å². The SMILES string of the molecule is CCNC(c1ccc(Br)c(F)c1)c1ccc(C)c(Cl)c1. The van der Waals surface area contributed by atoms with Crippen LogP contribution in [0.5, 0.6) is 0 Å². The van der Waals surface area contributed by atoms with Gasteiger partial charge in [-0.15, -0.1) is 0 Å². The van der Waals surface area contributed by atoms with Gasteiger partial charge < -0.3 is 5.32 Å². The van der Waals surface area contributed by atoms with E-state index >= 15 is 0 Å². The van der Waals surface area contributed by atoms with Crippen LogP contribution >= 0.6 is 27.5 Å². The van der Waals surface area contributed by atoms with Crippen molar-refractivity contribution >= 4 is 27.5 Å². The minimum absolute atomic E-state index is 0.0688. The molecule has 0 aliphatic heterocycles. The van der Waals surface area contributed by atoms with E-state index in [9.17, 15) is 4.39 Å². The highest BCUT2D eigenvalue weighted by molar-refractivity contribution is 9.10. The quantitative estimate of drug-likeness (QED) is 0.789. The largest absolute Gasteiger partial charge is 0.307 e. The zero-order valence-electron chi connectivity index (χ0n) is 11.4. The molecule has 1 unspecified atom stereocenters. The van der Waals surface area contributed by atoms with E-state index in [1.807, 2.05) is 38.1 Å². The Kier molecular flexibility index (Phi) is 5.19. The molecule has 0 amide bonds. The molecule has 1 N–H and O–H groups in total. The van der Waals surface area contributed by atoms with Crippen LogP contribution in [0.15, 0.2) is 40.9 Å². The van der Waals surface area contributed by atoms with Gasteiger partial charge in [0, 0.05) is 5.02 Å². The minimum Gasteiger partial charge on any atom is -0.307 e. The predicted octanol–water partition coefficient (Wildman–Crippen LogP) is 5.25. The van der Waals surface area contributed by atoms with Crippen LogP contribution in [0, 0.1) is 12.7 Å². The molecular weight excluding hydrogens is 341 g/mol. The van der Waals surface area contributed by atoms with Crippen LogP contribution in [0.4, 0.5) is 4.39 Å². The standard InChI is InChI=1S/C16H16BrClFN/c1-3-20-16(11-5-4-10(2)14(18)8-11)12-6-7-13(17)15(19)9-12/h4-9,16,20H,3H2,1-2H3. The maximum Gasteiger partial charge on any atom is 0.137 e. The molecule has 4 heteroatoms. The van der Waals surface area contributed by atoms with Crippen LogP contribution in [0.25, 0.3) is 0 Å². The van der Waals surface area contributed by atoms with Crippen molar-refractivity contribution in [1.29, 1.82) is 0 Å². The maximum absolute atomic E-state index is 13.7. The number of rotatable bonds is 4. The van der Waals surface area contributed by atoms with Crippen LogP contribution in [-0.4, -0.2) is 6.54 Å². The second kappa shape index (κ2) is 6.70. The van der Waals surface area contributed by atoms with E-state index in [1.165, 1.54) is 0 Å². The van der Waals surface area contributed by atoms with Gasteiger partial charge in [-0.2, -0.15) is 0 Å². The summed E-state index contributed by atoms with van der Waals surface area (Å²) in [7, 11) is 0. The molecule has 0 bridgehead atoms. The highest BCUT2D eigenvalue weighted by Crippen LogP contribution is 2.28. The third kappa shape index (κ3) is 3.40. The maximum atomic E-state index is 13.7. The summed E-state index contributed by atoms with van der Waals surface area (Å²) in [5.74, 6) is -0.261. The van der Waals surface area contributed by atoms with E-state index in [2.05, 4.69) is 21.2 Å². The molecule has 0 saturated carbocycles. The zero-order chi connectivity index (χ0) is 14.7. The first kappa shape index (κ1) is 15.5. The Hall–Kier alpha value is -0.900. The smallest absolute Gasteiger partial charge is 0.137 e. The Morgan fingerprint density at radius 2 is 1.85 bits per heavy atom. The van der Waals surface area contributed by atoms with E-state index in [0.29, 0.717) is 4.47 Å². The first-order valence-corrected chi connectivity index (χ1v) is 7.64. The fourth-order valence-electron chi connectivity index (χ4n) is 2.11. The highest BCUT2D eigenvalue weighted by atomic mass is 79.9. The summed E-state index contributed by atoms with van der Waals surface area (Å²) in [6.07, 6.45) is 0. The van der Waals surface area contributed by atoms with Crippen LogP contribution in [0.2, 0.25) is 5.02 Å². The summed E-state index contributed by atoms with van der Waals surface area (Å²) in [5.41, 5.74) is 2.95. The van der Waals surface area contributed by atoms with Gasteiger partial charge in [-0.1, -0.05) is 36.7 Å². The number of halogens is 3. The fourth-order valence-corrected chi connectivity index (χ4v) is 2.55. The third-order valence-electron chi connectivity index (χ3n) is 3.21. The van der Waals surface area contributed by atoms with Gasteiger partial charge in [0.1, 0.15) is 5.82 Å². The van der Waals surface area contributed by atoms with Gasteiger partial charge in [-0.05, 0) is 64.3 Å². The Morgan fingerprint density at radius 3 is 2.45 bits per heavy atom. The second-order valence-corrected chi connectivity index (χ2v) is 5.93. The fraction of sp³-hybridized carbons (Fsp3) is 0.250. The molecule has 106 valence electrons. The molecule has 2 aromatic rings. The van der Waals surface area contributed by atoms with Crippen molar-refractivity contribution in [3.63, 3.8) is 0 Å². The van der Waals surface area contributed by atoms with Crippen molar-refractivity contribution in [1.82, 2.24) is 5.32 Å².